The normalized spacial score (nSPS) is 12.7. The van der Waals surface area contributed by atoms with Crippen LogP contribution in [0.15, 0.2) is 176 Å². The van der Waals surface area contributed by atoms with Crippen LogP contribution in [0.1, 0.15) is 25.0 Å². The Morgan fingerprint density at radius 3 is 1.20 bits per heavy atom. The molecule has 0 saturated heterocycles. The number of nitrogens with zero attached hydrogens (tertiary/aromatic N) is 3. The summed E-state index contributed by atoms with van der Waals surface area (Å²) in [4.78, 5) is 14.8. The Bertz CT molecular complexity index is 2450. The molecule has 0 N–H and O–H groups in total. The third kappa shape index (κ3) is 5.53. The molecule has 1 heterocycles. The Labute approximate surface area is 299 Å². The summed E-state index contributed by atoms with van der Waals surface area (Å²) in [5.41, 5.74) is 15.3. The Hall–Kier alpha value is -6.45. The molecule has 242 valence electrons. The van der Waals surface area contributed by atoms with Crippen LogP contribution >= 0.6 is 0 Å². The quantitative estimate of drug-likeness (QED) is 0.179. The van der Waals surface area contributed by atoms with Crippen molar-refractivity contribution in [2.75, 3.05) is 0 Å². The Kier molecular flexibility index (Phi) is 7.48. The molecule has 1 aliphatic rings. The lowest BCUT2D eigenvalue weighted by atomic mass is 9.80. The lowest BCUT2D eigenvalue weighted by Gasteiger charge is -2.23. The molecule has 0 fully saturated rings. The monoisotopic (exact) mass is 653 g/mol. The van der Waals surface area contributed by atoms with Crippen LogP contribution in [0.5, 0.6) is 0 Å². The van der Waals surface area contributed by atoms with E-state index in [1.54, 1.807) is 0 Å². The second kappa shape index (κ2) is 12.5. The second-order valence-corrected chi connectivity index (χ2v) is 13.7. The van der Waals surface area contributed by atoms with Crippen molar-refractivity contribution >= 4 is 0 Å². The largest absolute Gasteiger partial charge is 0.208 e. The van der Waals surface area contributed by atoms with Crippen LogP contribution in [-0.2, 0) is 5.41 Å². The maximum Gasteiger partial charge on any atom is 0.164 e. The number of rotatable bonds is 6. The van der Waals surface area contributed by atoms with Gasteiger partial charge in [0.1, 0.15) is 0 Å². The van der Waals surface area contributed by atoms with Crippen molar-refractivity contribution in [1.29, 1.82) is 0 Å². The zero-order chi connectivity index (χ0) is 34.4. The fourth-order valence-electron chi connectivity index (χ4n) is 7.43. The van der Waals surface area contributed by atoms with Crippen molar-refractivity contribution in [3.8, 4) is 78.7 Å². The Morgan fingerprint density at radius 2 is 0.667 bits per heavy atom. The second-order valence-electron chi connectivity index (χ2n) is 13.7. The van der Waals surface area contributed by atoms with Crippen LogP contribution in [0.25, 0.3) is 78.7 Å². The molecule has 7 aromatic carbocycles. The van der Waals surface area contributed by atoms with E-state index in [0.29, 0.717) is 17.5 Å². The molecule has 8 aromatic rings. The topological polar surface area (TPSA) is 38.7 Å². The van der Waals surface area contributed by atoms with Gasteiger partial charge in [-0.3, -0.25) is 0 Å². The first kappa shape index (κ1) is 30.6. The minimum Gasteiger partial charge on any atom is -0.208 e. The van der Waals surface area contributed by atoms with Gasteiger partial charge in [0.05, 0.1) is 0 Å². The molecule has 0 radical (unpaired) electrons. The van der Waals surface area contributed by atoms with E-state index >= 15 is 0 Å². The predicted molar refractivity (Wildman–Crippen MR) is 210 cm³/mol. The van der Waals surface area contributed by atoms with Crippen molar-refractivity contribution < 1.29 is 0 Å². The van der Waals surface area contributed by atoms with Gasteiger partial charge in [-0.2, -0.15) is 0 Å². The highest BCUT2D eigenvalue weighted by atomic mass is 15.0. The highest BCUT2D eigenvalue weighted by molar-refractivity contribution is 5.93. The SMILES string of the molecule is CC1(C)c2ccccc2-c2cc(-c3ccc(-c4ccccc4)cc3)c(-c3ccc(-c4nc(-c5ccccc5)nc(-c5ccccc5)n4)cc3)cc21. The molecule has 3 heteroatoms. The van der Waals surface area contributed by atoms with Crippen molar-refractivity contribution in [2.45, 2.75) is 19.3 Å². The number of fused-ring (bicyclic) bond motifs is 3. The molecule has 1 aliphatic carbocycles. The Balaban J connectivity index is 1.17. The molecule has 0 bridgehead atoms. The third-order valence-corrected chi connectivity index (χ3v) is 10.2. The van der Waals surface area contributed by atoms with Gasteiger partial charge in [-0.15, -0.1) is 0 Å². The molecular weight excluding hydrogens is 619 g/mol. The van der Waals surface area contributed by atoms with Gasteiger partial charge in [-0.25, -0.2) is 15.0 Å². The van der Waals surface area contributed by atoms with Crippen LogP contribution < -0.4 is 0 Å². The van der Waals surface area contributed by atoms with E-state index in [2.05, 4.69) is 129 Å². The number of aromatic nitrogens is 3. The fraction of sp³-hybridized carbons (Fsp3) is 0.0625. The van der Waals surface area contributed by atoms with E-state index in [1.807, 2.05) is 60.7 Å². The Morgan fingerprint density at radius 1 is 0.294 bits per heavy atom. The zero-order valence-electron chi connectivity index (χ0n) is 28.6. The minimum atomic E-state index is -0.108. The summed E-state index contributed by atoms with van der Waals surface area (Å²) in [7, 11) is 0. The molecule has 0 unspecified atom stereocenters. The van der Waals surface area contributed by atoms with Gasteiger partial charge in [0.25, 0.3) is 0 Å². The van der Waals surface area contributed by atoms with Crippen LogP contribution in [0.4, 0.5) is 0 Å². The van der Waals surface area contributed by atoms with Crippen molar-refractivity contribution in [1.82, 2.24) is 15.0 Å². The number of hydrogen-bond acceptors (Lipinski definition) is 3. The van der Waals surface area contributed by atoms with Crippen molar-refractivity contribution in [3.63, 3.8) is 0 Å². The van der Waals surface area contributed by atoms with Crippen LogP contribution in [0.2, 0.25) is 0 Å². The summed E-state index contributed by atoms with van der Waals surface area (Å²) < 4.78 is 0. The van der Waals surface area contributed by atoms with Crippen molar-refractivity contribution in [3.05, 3.63) is 187 Å². The number of hydrogen-bond donors (Lipinski definition) is 0. The van der Waals surface area contributed by atoms with Gasteiger partial charge in [-0.1, -0.05) is 178 Å². The fourth-order valence-corrected chi connectivity index (χ4v) is 7.43. The molecule has 0 saturated carbocycles. The van der Waals surface area contributed by atoms with Gasteiger partial charge in [0, 0.05) is 22.1 Å². The molecule has 0 atom stereocenters. The average molecular weight is 654 g/mol. The van der Waals surface area contributed by atoms with Gasteiger partial charge in [0.2, 0.25) is 0 Å². The molecular formula is C48H35N3. The summed E-state index contributed by atoms with van der Waals surface area (Å²) >= 11 is 0. The van der Waals surface area contributed by atoms with Crippen molar-refractivity contribution in [2.24, 2.45) is 0 Å². The van der Waals surface area contributed by atoms with Gasteiger partial charge in [-0.05, 0) is 67.8 Å². The standard InChI is InChI=1S/C48H35N3/c1-48(2)43-21-13-12-20-39(43)42-30-40(34-24-22-33(23-25-34)32-14-6-3-7-15-32)41(31-44(42)48)35-26-28-38(29-27-35)47-50-45(36-16-8-4-9-17-36)49-46(51-47)37-18-10-5-11-19-37/h3-31H,1-2H3. The highest BCUT2D eigenvalue weighted by Gasteiger charge is 2.36. The summed E-state index contributed by atoms with van der Waals surface area (Å²) in [5.74, 6) is 1.96. The van der Waals surface area contributed by atoms with E-state index < -0.39 is 0 Å². The molecule has 0 aliphatic heterocycles. The van der Waals surface area contributed by atoms with E-state index in [9.17, 15) is 0 Å². The van der Waals surface area contributed by atoms with E-state index in [0.717, 1.165) is 22.3 Å². The molecule has 3 nitrogen and oxygen atoms in total. The highest BCUT2D eigenvalue weighted by Crippen LogP contribution is 2.52. The third-order valence-electron chi connectivity index (χ3n) is 10.2. The summed E-state index contributed by atoms with van der Waals surface area (Å²) in [6.45, 7) is 4.68. The van der Waals surface area contributed by atoms with Crippen LogP contribution in [0.3, 0.4) is 0 Å². The van der Waals surface area contributed by atoms with Gasteiger partial charge < -0.3 is 0 Å². The first-order valence-corrected chi connectivity index (χ1v) is 17.4. The predicted octanol–water partition coefficient (Wildman–Crippen LogP) is 12.2. The molecule has 51 heavy (non-hydrogen) atoms. The lowest BCUT2D eigenvalue weighted by molar-refractivity contribution is 0.660. The zero-order valence-corrected chi connectivity index (χ0v) is 28.6. The molecule has 1 aromatic heterocycles. The maximum absolute atomic E-state index is 4.97. The first-order chi connectivity index (χ1) is 25.0. The van der Waals surface area contributed by atoms with E-state index in [-0.39, 0.29) is 5.41 Å². The van der Waals surface area contributed by atoms with Gasteiger partial charge in [0.15, 0.2) is 17.5 Å². The summed E-state index contributed by atoms with van der Waals surface area (Å²) in [5, 5.41) is 0. The maximum atomic E-state index is 4.97. The molecule has 0 spiro atoms. The molecule has 9 rings (SSSR count). The number of benzene rings is 7. The summed E-state index contributed by atoms with van der Waals surface area (Å²) in [6.07, 6.45) is 0. The average Bonchev–Trinajstić information content (AvgIpc) is 3.43. The lowest BCUT2D eigenvalue weighted by Crippen LogP contribution is -2.15. The van der Waals surface area contributed by atoms with Crippen LogP contribution in [0, 0.1) is 0 Å². The van der Waals surface area contributed by atoms with E-state index in [1.165, 1.54) is 50.1 Å². The smallest absolute Gasteiger partial charge is 0.164 e. The first-order valence-electron chi connectivity index (χ1n) is 17.4. The van der Waals surface area contributed by atoms with Crippen LogP contribution in [-0.4, -0.2) is 15.0 Å². The molecule has 0 amide bonds. The van der Waals surface area contributed by atoms with E-state index in [4.69, 9.17) is 15.0 Å². The minimum absolute atomic E-state index is 0.108. The summed E-state index contributed by atoms with van der Waals surface area (Å²) in [6, 6.07) is 62.2. The van der Waals surface area contributed by atoms with Gasteiger partial charge >= 0.3 is 0 Å².